The Bertz CT molecular complexity index is 731. The number of nitrogens with zero attached hydrogens (tertiary/aromatic N) is 1. The van der Waals surface area contributed by atoms with Gasteiger partial charge in [-0.1, -0.05) is 18.2 Å². The summed E-state index contributed by atoms with van der Waals surface area (Å²) in [6, 6.07) is 14.2. The molecule has 0 saturated heterocycles. The number of carbonyl (C=O) groups is 2. The molecular weight excluding hydrogens is 320 g/mol. The number of methoxy groups -OCH3 is 2. The van der Waals surface area contributed by atoms with E-state index in [9.17, 15) is 9.59 Å². The zero-order valence-electron chi connectivity index (χ0n) is 14.6. The summed E-state index contributed by atoms with van der Waals surface area (Å²) in [6.07, 6.45) is 0. The molecule has 0 unspecified atom stereocenters. The summed E-state index contributed by atoms with van der Waals surface area (Å²) in [6.45, 7) is 2.13. The lowest BCUT2D eigenvalue weighted by molar-refractivity contribution is -0.116. The monoisotopic (exact) mass is 342 g/mol. The molecule has 2 aromatic rings. The highest BCUT2D eigenvalue weighted by Crippen LogP contribution is 2.32. The van der Waals surface area contributed by atoms with Crippen LogP contribution in [-0.4, -0.2) is 39.1 Å². The molecular formula is C19H22N2O4. The topological polar surface area (TPSA) is 67.9 Å². The fraction of sp³-hybridized carbons (Fsp3) is 0.263. The van der Waals surface area contributed by atoms with Crippen LogP contribution in [0.3, 0.4) is 0 Å². The minimum absolute atomic E-state index is 0.141. The number of benzene rings is 2. The van der Waals surface area contributed by atoms with Crippen LogP contribution in [0.2, 0.25) is 0 Å². The largest absolute Gasteiger partial charge is 0.497 e. The third-order valence-electron chi connectivity index (χ3n) is 3.71. The van der Waals surface area contributed by atoms with Crippen LogP contribution in [0, 0.1) is 0 Å². The molecule has 6 heteroatoms. The molecule has 0 radical (unpaired) electrons. The first kappa shape index (κ1) is 18.3. The molecule has 2 amide bonds. The summed E-state index contributed by atoms with van der Waals surface area (Å²) in [5.41, 5.74) is 1.21. The van der Waals surface area contributed by atoms with Gasteiger partial charge in [0.05, 0.1) is 19.9 Å². The van der Waals surface area contributed by atoms with E-state index in [1.54, 1.807) is 54.5 Å². The van der Waals surface area contributed by atoms with Crippen LogP contribution in [0.15, 0.2) is 48.5 Å². The van der Waals surface area contributed by atoms with E-state index < -0.39 is 0 Å². The minimum Gasteiger partial charge on any atom is -0.497 e. The molecule has 132 valence electrons. The maximum Gasteiger partial charge on any atom is 0.251 e. The highest BCUT2D eigenvalue weighted by molar-refractivity contribution is 5.95. The van der Waals surface area contributed by atoms with Gasteiger partial charge in [0.2, 0.25) is 5.91 Å². The van der Waals surface area contributed by atoms with Gasteiger partial charge < -0.3 is 19.7 Å². The number of nitrogens with one attached hydrogen (secondary N) is 1. The Morgan fingerprint density at radius 1 is 1.04 bits per heavy atom. The van der Waals surface area contributed by atoms with Gasteiger partial charge in [0.1, 0.15) is 11.5 Å². The van der Waals surface area contributed by atoms with Gasteiger partial charge in [-0.2, -0.15) is 0 Å². The van der Waals surface area contributed by atoms with Crippen molar-refractivity contribution < 1.29 is 19.1 Å². The highest BCUT2D eigenvalue weighted by atomic mass is 16.5. The normalized spacial score (nSPS) is 10.0. The van der Waals surface area contributed by atoms with E-state index in [1.807, 2.05) is 6.07 Å². The van der Waals surface area contributed by atoms with Crippen LogP contribution in [0.1, 0.15) is 17.3 Å². The van der Waals surface area contributed by atoms with Gasteiger partial charge in [0.15, 0.2) is 0 Å². The molecule has 0 fully saturated rings. The zero-order chi connectivity index (χ0) is 18.2. The molecule has 0 saturated carbocycles. The second-order valence-corrected chi connectivity index (χ2v) is 5.33. The van der Waals surface area contributed by atoms with Crippen LogP contribution < -0.4 is 19.7 Å². The second kappa shape index (κ2) is 8.73. The second-order valence-electron chi connectivity index (χ2n) is 5.33. The van der Waals surface area contributed by atoms with Gasteiger partial charge in [-0.05, 0) is 24.3 Å². The Kier molecular flexibility index (Phi) is 6.39. The lowest BCUT2D eigenvalue weighted by Crippen LogP contribution is -2.37. The van der Waals surface area contributed by atoms with E-state index in [1.165, 1.54) is 14.0 Å². The number of rotatable bonds is 7. The maximum absolute atomic E-state index is 12.1. The number of hydrogen-bond donors (Lipinski definition) is 1. The Balaban J connectivity index is 2.07. The summed E-state index contributed by atoms with van der Waals surface area (Å²) in [5, 5.41) is 2.82. The lowest BCUT2D eigenvalue weighted by atomic mass is 10.2. The summed E-state index contributed by atoms with van der Waals surface area (Å²) in [5.74, 6) is 0.855. The smallest absolute Gasteiger partial charge is 0.251 e. The van der Waals surface area contributed by atoms with Crippen molar-refractivity contribution in [3.63, 3.8) is 0 Å². The van der Waals surface area contributed by atoms with Gasteiger partial charge >= 0.3 is 0 Å². The average molecular weight is 342 g/mol. The average Bonchev–Trinajstić information content (AvgIpc) is 2.65. The molecule has 1 N–H and O–H groups in total. The SMILES string of the molecule is COc1ccc(N(CCNC(=O)c2ccccc2)C(C)=O)c(OC)c1. The molecule has 0 heterocycles. The van der Waals surface area contributed by atoms with E-state index in [0.717, 1.165) is 0 Å². The minimum atomic E-state index is -0.175. The van der Waals surface area contributed by atoms with Crippen molar-refractivity contribution in [1.29, 1.82) is 0 Å². The number of carbonyl (C=O) groups excluding carboxylic acids is 2. The van der Waals surface area contributed by atoms with Crippen molar-refractivity contribution in [1.82, 2.24) is 5.32 Å². The Morgan fingerprint density at radius 2 is 1.76 bits per heavy atom. The van der Waals surface area contributed by atoms with E-state index >= 15 is 0 Å². The van der Waals surface area contributed by atoms with Crippen LogP contribution >= 0.6 is 0 Å². The third-order valence-corrected chi connectivity index (χ3v) is 3.71. The van der Waals surface area contributed by atoms with Crippen LogP contribution in [0.5, 0.6) is 11.5 Å². The molecule has 0 aliphatic carbocycles. The Morgan fingerprint density at radius 3 is 2.36 bits per heavy atom. The molecule has 0 atom stereocenters. The van der Waals surface area contributed by atoms with Gasteiger partial charge in [0.25, 0.3) is 5.91 Å². The predicted molar refractivity (Wildman–Crippen MR) is 96.3 cm³/mol. The van der Waals surface area contributed by atoms with Crippen LogP contribution in [0.4, 0.5) is 5.69 Å². The molecule has 2 rings (SSSR count). The fourth-order valence-electron chi connectivity index (χ4n) is 2.43. The van der Waals surface area contributed by atoms with Crippen molar-refractivity contribution in [3.8, 4) is 11.5 Å². The fourth-order valence-corrected chi connectivity index (χ4v) is 2.43. The van der Waals surface area contributed by atoms with Gasteiger partial charge in [0, 0.05) is 31.6 Å². The van der Waals surface area contributed by atoms with E-state index in [0.29, 0.717) is 35.8 Å². The van der Waals surface area contributed by atoms with E-state index in [2.05, 4.69) is 5.32 Å². The highest BCUT2D eigenvalue weighted by Gasteiger charge is 2.17. The van der Waals surface area contributed by atoms with Crippen molar-refractivity contribution in [2.45, 2.75) is 6.92 Å². The van der Waals surface area contributed by atoms with Gasteiger partial charge in [-0.25, -0.2) is 0 Å². The summed E-state index contributed by atoms with van der Waals surface area (Å²) < 4.78 is 10.5. The lowest BCUT2D eigenvalue weighted by Gasteiger charge is -2.23. The van der Waals surface area contributed by atoms with Crippen molar-refractivity contribution in [2.24, 2.45) is 0 Å². The number of ether oxygens (including phenoxy) is 2. The maximum atomic E-state index is 12.1. The first-order valence-corrected chi connectivity index (χ1v) is 7.90. The Labute approximate surface area is 147 Å². The first-order valence-electron chi connectivity index (χ1n) is 7.90. The Hall–Kier alpha value is -3.02. The van der Waals surface area contributed by atoms with Crippen LogP contribution in [-0.2, 0) is 4.79 Å². The van der Waals surface area contributed by atoms with E-state index in [-0.39, 0.29) is 11.8 Å². The summed E-state index contributed by atoms with van der Waals surface area (Å²) in [4.78, 5) is 25.7. The van der Waals surface area contributed by atoms with Crippen LogP contribution in [0.25, 0.3) is 0 Å². The number of anilines is 1. The van der Waals surface area contributed by atoms with Gasteiger partial charge in [-0.3, -0.25) is 9.59 Å². The molecule has 0 aromatic heterocycles. The van der Waals surface area contributed by atoms with Crippen molar-refractivity contribution in [2.75, 3.05) is 32.2 Å². The summed E-state index contributed by atoms with van der Waals surface area (Å²) in [7, 11) is 3.10. The third kappa shape index (κ3) is 4.73. The van der Waals surface area contributed by atoms with E-state index in [4.69, 9.17) is 9.47 Å². The molecule has 0 bridgehead atoms. The molecule has 0 aliphatic rings. The number of amides is 2. The quantitative estimate of drug-likeness (QED) is 0.839. The molecule has 25 heavy (non-hydrogen) atoms. The summed E-state index contributed by atoms with van der Waals surface area (Å²) >= 11 is 0. The molecule has 0 aliphatic heterocycles. The van der Waals surface area contributed by atoms with Crippen molar-refractivity contribution in [3.05, 3.63) is 54.1 Å². The van der Waals surface area contributed by atoms with Crippen molar-refractivity contribution >= 4 is 17.5 Å². The first-order chi connectivity index (χ1) is 12.1. The molecule has 0 spiro atoms. The van der Waals surface area contributed by atoms with Gasteiger partial charge in [-0.15, -0.1) is 0 Å². The molecule has 2 aromatic carbocycles. The molecule has 6 nitrogen and oxygen atoms in total. The predicted octanol–water partition coefficient (Wildman–Crippen LogP) is 2.49. The zero-order valence-corrected chi connectivity index (χ0v) is 14.6. The number of hydrogen-bond acceptors (Lipinski definition) is 4. The standard InChI is InChI=1S/C19H22N2O4/c1-14(22)21(17-10-9-16(24-2)13-18(17)25-3)12-11-20-19(23)15-7-5-4-6-8-15/h4-10,13H,11-12H2,1-3H3,(H,20,23).